The lowest BCUT2D eigenvalue weighted by molar-refractivity contribution is 0.0673. The van der Waals surface area contributed by atoms with Crippen molar-refractivity contribution in [3.05, 3.63) is 58.3 Å². The van der Waals surface area contributed by atoms with E-state index in [2.05, 4.69) is 20.4 Å². The minimum absolute atomic E-state index is 0.0393. The summed E-state index contributed by atoms with van der Waals surface area (Å²) in [6, 6.07) is 9.60. The molecule has 0 aliphatic carbocycles. The van der Waals surface area contributed by atoms with E-state index in [-0.39, 0.29) is 34.6 Å². The summed E-state index contributed by atoms with van der Waals surface area (Å²) in [7, 11) is 0. The van der Waals surface area contributed by atoms with Gasteiger partial charge in [-0.3, -0.25) is 5.43 Å². The molecule has 8 nitrogen and oxygen atoms in total. The molecule has 0 radical (unpaired) electrons. The summed E-state index contributed by atoms with van der Waals surface area (Å²) in [4.78, 5) is 26.6. The number of piperazine rings is 1. The molecule has 2 aliphatic heterocycles. The number of hydrazine groups is 1. The molecule has 4 heterocycles. The largest absolute Gasteiger partial charge is 0.444 e. The van der Waals surface area contributed by atoms with E-state index in [0.717, 1.165) is 18.4 Å². The normalized spacial score (nSPS) is 20.5. The van der Waals surface area contributed by atoms with E-state index < -0.39 is 11.9 Å². The Bertz CT molecular complexity index is 1150. The molecule has 0 saturated carbocycles. The van der Waals surface area contributed by atoms with Crippen LogP contribution in [0.4, 0.5) is 15.0 Å². The second-order valence-electron chi connectivity index (χ2n) is 7.81. The van der Waals surface area contributed by atoms with Crippen molar-refractivity contribution >= 4 is 46.0 Å². The van der Waals surface area contributed by atoms with Gasteiger partial charge in [-0.15, -0.1) is 0 Å². The molecule has 3 aromatic rings. The number of nitrogens with zero attached hydrogens (tertiary/aromatic N) is 5. The molecule has 1 N–H and O–H groups in total. The minimum atomic E-state index is -0.723. The molecule has 2 unspecified atom stereocenters. The Morgan fingerprint density at radius 1 is 1.16 bits per heavy atom. The molecule has 5 rings (SSSR count). The summed E-state index contributed by atoms with van der Waals surface area (Å²) in [6.45, 7) is 1.35. The van der Waals surface area contributed by atoms with Gasteiger partial charge in [-0.05, 0) is 30.0 Å². The second-order valence-corrected chi connectivity index (χ2v) is 8.51. The highest BCUT2D eigenvalue weighted by Gasteiger charge is 2.42. The number of anilines is 1. The Morgan fingerprint density at radius 2 is 1.88 bits per heavy atom. The van der Waals surface area contributed by atoms with Crippen molar-refractivity contribution in [2.24, 2.45) is 0 Å². The Labute approximate surface area is 193 Å². The topological polar surface area (TPSA) is 83.5 Å². The van der Waals surface area contributed by atoms with Gasteiger partial charge >= 0.3 is 6.09 Å². The average molecular weight is 477 g/mol. The van der Waals surface area contributed by atoms with Crippen LogP contribution in [0.25, 0.3) is 10.9 Å². The molecule has 1 aromatic carbocycles. The van der Waals surface area contributed by atoms with E-state index in [0.29, 0.717) is 24.3 Å². The van der Waals surface area contributed by atoms with Gasteiger partial charge in [0.25, 0.3) is 0 Å². The molecule has 2 saturated heterocycles. The van der Waals surface area contributed by atoms with E-state index >= 15 is 0 Å². The van der Waals surface area contributed by atoms with Crippen molar-refractivity contribution < 1.29 is 13.9 Å². The molecule has 2 atom stereocenters. The number of benzene rings is 1. The standard InChI is InChI=1S/C21H19Cl2FN6O2/c22-18-16(24)17-15(8-25-18)19(27-20(23)26-17)29-9-13-6-7-14(10-29)30(13)28-21(31)32-11-12-4-2-1-3-5-12/h1-5,8,13-14H,6-7,9-11H2,(H,28,31). The third-order valence-electron chi connectivity index (χ3n) is 5.81. The fraction of sp³-hybridized carbons (Fsp3) is 0.333. The molecule has 166 valence electrons. The summed E-state index contributed by atoms with van der Waals surface area (Å²) >= 11 is 11.9. The van der Waals surface area contributed by atoms with Crippen LogP contribution in [-0.4, -0.2) is 51.2 Å². The zero-order valence-corrected chi connectivity index (χ0v) is 18.4. The lowest BCUT2D eigenvalue weighted by atomic mass is 10.2. The van der Waals surface area contributed by atoms with E-state index in [4.69, 9.17) is 27.9 Å². The first-order valence-electron chi connectivity index (χ1n) is 10.2. The van der Waals surface area contributed by atoms with E-state index in [9.17, 15) is 9.18 Å². The number of hydrogen-bond acceptors (Lipinski definition) is 7. The quantitative estimate of drug-likeness (QED) is 0.450. The lowest BCUT2D eigenvalue weighted by Gasteiger charge is -2.41. The molecular formula is C21H19Cl2FN6O2. The van der Waals surface area contributed by atoms with Crippen LogP contribution >= 0.6 is 23.2 Å². The van der Waals surface area contributed by atoms with E-state index in [1.807, 2.05) is 40.2 Å². The summed E-state index contributed by atoms with van der Waals surface area (Å²) in [5.41, 5.74) is 3.84. The number of halogens is 3. The van der Waals surface area contributed by atoms with Crippen LogP contribution in [0.5, 0.6) is 0 Å². The number of hydrogen-bond donors (Lipinski definition) is 1. The van der Waals surface area contributed by atoms with Crippen LogP contribution in [-0.2, 0) is 11.3 Å². The molecular weight excluding hydrogens is 458 g/mol. The van der Waals surface area contributed by atoms with Crippen LogP contribution in [0.2, 0.25) is 10.4 Å². The number of pyridine rings is 1. The van der Waals surface area contributed by atoms with Crippen molar-refractivity contribution in [3.8, 4) is 0 Å². The number of amides is 1. The Balaban J connectivity index is 1.30. The van der Waals surface area contributed by atoms with Gasteiger partial charge in [0.2, 0.25) is 5.28 Å². The summed E-state index contributed by atoms with van der Waals surface area (Å²) in [5, 5.41) is 2.07. The zero-order chi connectivity index (χ0) is 22.2. The molecule has 32 heavy (non-hydrogen) atoms. The zero-order valence-electron chi connectivity index (χ0n) is 16.8. The number of fused-ring (bicyclic) bond motifs is 3. The lowest BCUT2D eigenvalue weighted by Crippen LogP contribution is -2.60. The van der Waals surface area contributed by atoms with Crippen LogP contribution in [0.3, 0.4) is 0 Å². The average Bonchev–Trinajstić information content (AvgIpc) is 3.02. The maximum Gasteiger partial charge on any atom is 0.422 e. The first-order chi connectivity index (χ1) is 15.5. The molecule has 2 aliphatic rings. The van der Waals surface area contributed by atoms with Crippen molar-refractivity contribution in [1.29, 1.82) is 0 Å². The molecule has 11 heteroatoms. The highest BCUT2D eigenvalue weighted by molar-refractivity contribution is 6.30. The fourth-order valence-corrected chi connectivity index (χ4v) is 4.66. The van der Waals surface area contributed by atoms with Gasteiger partial charge in [0.15, 0.2) is 11.0 Å². The van der Waals surface area contributed by atoms with Crippen molar-refractivity contribution in [1.82, 2.24) is 25.4 Å². The van der Waals surface area contributed by atoms with E-state index in [1.54, 1.807) is 0 Å². The van der Waals surface area contributed by atoms with Gasteiger partial charge < -0.3 is 9.64 Å². The van der Waals surface area contributed by atoms with Gasteiger partial charge in [0.05, 0.1) is 5.39 Å². The number of ether oxygens (including phenoxy) is 1. The minimum Gasteiger partial charge on any atom is -0.444 e. The van der Waals surface area contributed by atoms with Crippen LogP contribution in [0.1, 0.15) is 18.4 Å². The third kappa shape index (κ3) is 4.03. The SMILES string of the molecule is O=C(NN1C2CCC1CN(c1nc(Cl)nc3c(F)c(Cl)ncc13)C2)OCc1ccccc1. The summed E-state index contributed by atoms with van der Waals surface area (Å²) < 4.78 is 19.8. The maximum atomic E-state index is 14.5. The Kier molecular flexibility index (Phi) is 5.71. The molecule has 2 aromatic heterocycles. The molecule has 1 amide bonds. The number of aromatic nitrogens is 3. The van der Waals surface area contributed by atoms with Gasteiger partial charge in [0, 0.05) is 31.4 Å². The Morgan fingerprint density at radius 3 is 2.59 bits per heavy atom. The number of rotatable bonds is 4. The monoisotopic (exact) mass is 476 g/mol. The predicted octanol–water partition coefficient (Wildman–Crippen LogP) is 3.97. The van der Waals surface area contributed by atoms with E-state index in [1.165, 1.54) is 6.20 Å². The summed E-state index contributed by atoms with van der Waals surface area (Å²) in [6.07, 6.45) is 2.76. The third-order valence-corrected chi connectivity index (χ3v) is 6.24. The smallest absolute Gasteiger partial charge is 0.422 e. The van der Waals surface area contributed by atoms with Crippen molar-refractivity contribution in [3.63, 3.8) is 0 Å². The van der Waals surface area contributed by atoms with Gasteiger partial charge in [-0.2, -0.15) is 4.98 Å². The maximum absolute atomic E-state index is 14.5. The molecule has 0 spiro atoms. The van der Waals surface area contributed by atoms with Crippen LogP contribution in [0.15, 0.2) is 36.5 Å². The Hall–Kier alpha value is -2.75. The fourth-order valence-electron chi connectivity index (χ4n) is 4.35. The highest BCUT2D eigenvalue weighted by atomic mass is 35.5. The number of carbonyl (C=O) groups excluding carboxylic acids is 1. The first-order valence-corrected chi connectivity index (χ1v) is 10.9. The van der Waals surface area contributed by atoms with Crippen LogP contribution in [0, 0.1) is 5.82 Å². The molecule has 2 fully saturated rings. The second kappa shape index (κ2) is 8.65. The first kappa shape index (κ1) is 21.1. The van der Waals surface area contributed by atoms with Crippen molar-refractivity contribution in [2.75, 3.05) is 18.0 Å². The van der Waals surface area contributed by atoms with Gasteiger partial charge in [0.1, 0.15) is 17.9 Å². The van der Waals surface area contributed by atoms with Crippen molar-refractivity contribution in [2.45, 2.75) is 31.5 Å². The molecule has 2 bridgehead atoms. The highest BCUT2D eigenvalue weighted by Crippen LogP contribution is 2.35. The van der Waals surface area contributed by atoms with Gasteiger partial charge in [-0.1, -0.05) is 41.9 Å². The van der Waals surface area contributed by atoms with Crippen LogP contribution < -0.4 is 10.3 Å². The van der Waals surface area contributed by atoms with Gasteiger partial charge in [-0.25, -0.2) is 24.2 Å². The number of carbonyl (C=O) groups is 1. The predicted molar refractivity (Wildman–Crippen MR) is 118 cm³/mol. The summed E-state index contributed by atoms with van der Waals surface area (Å²) in [5.74, 6) is -0.217. The number of nitrogens with one attached hydrogen (secondary N) is 1.